The molecule has 2 aromatic heterocycles. The van der Waals surface area contributed by atoms with E-state index in [1.54, 1.807) is 11.3 Å². The average molecular weight is 296 g/mol. The maximum absolute atomic E-state index is 11.2. The third kappa shape index (κ3) is 3.81. The van der Waals surface area contributed by atoms with Crippen molar-refractivity contribution in [3.63, 3.8) is 0 Å². The molecule has 0 aliphatic heterocycles. The van der Waals surface area contributed by atoms with Gasteiger partial charge in [0.2, 0.25) is 0 Å². The smallest absolute Gasteiger partial charge is 0.349 e. The molecule has 2 rings (SSSR count). The minimum atomic E-state index is -0.905. The summed E-state index contributed by atoms with van der Waals surface area (Å²) in [5.74, 6) is -0.394. The van der Waals surface area contributed by atoms with Crippen LogP contribution in [0.4, 0.5) is 0 Å². The fourth-order valence-corrected chi connectivity index (χ4v) is 3.51. The average Bonchev–Trinajstić information content (AvgIpc) is 2.99. The summed E-state index contributed by atoms with van der Waals surface area (Å²) in [6.45, 7) is 2.59. The van der Waals surface area contributed by atoms with Crippen LogP contribution in [-0.4, -0.2) is 17.7 Å². The van der Waals surface area contributed by atoms with Crippen LogP contribution in [0.2, 0.25) is 0 Å². The molecule has 2 aromatic rings. The van der Waals surface area contributed by atoms with Crippen LogP contribution in [0.25, 0.3) is 0 Å². The number of rotatable bonds is 7. The summed E-state index contributed by atoms with van der Waals surface area (Å²) >= 11 is 2.97. The lowest BCUT2D eigenvalue weighted by molar-refractivity contribution is 0.0698. The lowest BCUT2D eigenvalue weighted by Crippen LogP contribution is -2.03. The van der Waals surface area contributed by atoms with Gasteiger partial charge < -0.3 is 9.84 Å². The summed E-state index contributed by atoms with van der Waals surface area (Å²) in [4.78, 5) is 12.6. The van der Waals surface area contributed by atoms with Crippen molar-refractivity contribution in [1.29, 1.82) is 0 Å². The Morgan fingerprint density at radius 3 is 2.89 bits per heavy atom. The number of carboxylic acids is 1. The predicted octanol–water partition coefficient (Wildman–Crippen LogP) is 4.08. The van der Waals surface area contributed by atoms with Crippen molar-refractivity contribution in [2.24, 2.45) is 0 Å². The number of carbonyl (C=O) groups is 1. The number of hydrogen-bond acceptors (Lipinski definition) is 4. The van der Waals surface area contributed by atoms with Gasteiger partial charge in [-0.15, -0.1) is 11.3 Å². The van der Waals surface area contributed by atoms with Crippen LogP contribution in [0.1, 0.15) is 33.5 Å². The van der Waals surface area contributed by atoms with Gasteiger partial charge in [-0.3, -0.25) is 0 Å². The standard InChI is InChI=1S/C14H16O3S2/c1-2-3-11-8-12(13(19-11)14(15)16)17-6-4-10-5-7-18-9-10/h5,7-9H,2-4,6H2,1H3,(H,15,16). The summed E-state index contributed by atoms with van der Waals surface area (Å²) in [6, 6.07) is 3.92. The van der Waals surface area contributed by atoms with Crippen LogP contribution in [0.5, 0.6) is 5.75 Å². The molecular weight excluding hydrogens is 280 g/mol. The summed E-state index contributed by atoms with van der Waals surface area (Å²) in [6.07, 6.45) is 2.72. The molecule has 3 nitrogen and oxygen atoms in total. The van der Waals surface area contributed by atoms with Gasteiger partial charge in [0.25, 0.3) is 0 Å². The molecule has 0 fully saturated rings. The second-order valence-corrected chi connectivity index (χ2v) is 6.11. The van der Waals surface area contributed by atoms with Crippen molar-refractivity contribution in [3.05, 3.63) is 38.2 Å². The van der Waals surface area contributed by atoms with Gasteiger partial charge in [0.05, 0.1) is 6.61 Å². The summed E-state index contributed by atoms with van der Waals surface area (Å²) in [5.41, 5.74) is 1.23. The Balaban J connectivity index is 1.99. The molecule has 0 aliphatic carbocycles. The molecule has 0 spiro atoms. The van der Waals surface area contributed by atoms with Crippen LogP contribution in [0.3, 0.4) is 0 Å². The Morgan fingerprint density at radius 2 is 2.26 bits per heavy atom. The number of carboxylic acid groups (broad SMARTS) is 1. The number of ether oxygens (including phenoxy) is 1. The third-order valence-electron chi connectivity index (χ3n) is 2.67. The molecule has 1 N–H and O–H groups in total. The van der Waals surface area contributed by atoms with Crippen molar-refractivity contribution in [2.75, 3.05) is 6.61 Å². The molecule has 0 bridgehead atoms. The first-order valence-corrected chi connectivity index (χ1v) is 7.96. The van der Waals surface area contributed by atoms with Crippen molar-refractivity contribution in [1.82, 2.24) is 0 Å². The van der Waals surface area contributed by atoms with E-state index in [9.17, 15) is 4.79 Å². The molecule has 0 amide bonds. The molecule has 102 valence electrons. The zero-order valence-corrected chi connectivity index (χ0v) is 12.4. The van der Waals surface area contributed by atoms with Gasteiger partial charge in [-0.2, -0.15) is 11.3 Å². The zero-order valence-electron chi connectivity index (χ0n) is 10.7. The van der Waals surface area contributed by atoms with E-state index in [0.717, 1.165) is 24.1 Å². The maximum Gasteiger partial charge on any atom is 0.349 e. The zero-order chi connectivity index (χ0) is 13.7. The topological polar surface area (TPSA) is 46.5 Å². The van der Waals surface area contributed by atoms with Gasteiger partial charge in [-0.1, -0.05) is 13.3 Å². The summed E-state index contributed by atoms with van der Waals surface area (Å²) < 4.78 is 5.63. The first kappa shape index (κ1) is 14.1. The molecular formula is C14H16O3S2. The fraction of sp³-hybridized carbons (Fsp3) is 0.357. The van der Waals surface area contributed by atoms with Gasteiger partial charge >= 0.3 is 5.97 Å². The van der Waals surface area contributed by atoms with Gasteiger partial charge in [-0.25, -0.2) is 4.79 Å². The number of thiophene rings is 2. The molecule has 0 atom stereocenters. The van der Waals surface area contributed by atoms with E-state index in [-0.39, 0.29) is 0 Å². The lowest BCUT2D eigenvalue weighted by atomic mass is 10.2. The van der Waals surface area contributed by atoms with Gasteiger partial charge in [0.1, 0.15) is 5.75 Å². The van der Waals surface area contributed by atoms with E-state index < -0.39 is 5.97 Å². The van der Waals surface area contributed by atoms with E-state index in [1.807, 2.05) is 11.4 Å². The van der Waals surface area contributed by atoms with E-state index >= 15 is 0 Å². The largest absolute Gasteiger partial charge is 0.491 e. The minimum absolute atomic E-state index is 0.314. The minimum Gasteiger partial charge on any atom is -0.491 e. The van der Waals surface area contributed by atoms with Crippen LogP contribution >= 0.6 is 22.7 Å². The molecule has 0 unspecified atom stereocenters. The first-order chi connectivity index (χ1) is 9.20. The Morgan fingerprint density at radius 1 is 1.42 bits per heavy atom. The van der Waals surface area contributed by atoms with E-state index in [1.165, 1.54) is 16.9 Å². The molecule has 0 saturated carbocycles. The highest BCUT2D eigenvalue weighted by Gasteiger charge is 2.16. The Labute approximate surface area is 120 Å². The Kier molecular flexibility index (Phi) is 4.99. The first-order valence-electron chi connectivity index (χ1n) is 6.20. The van der Waals surface area contributed by atoms with Crippen molar-refractivity contribution >= 4 is 28.6 Å². The monoisotopic (exact) mass is 296 g/mol. The molecule has 2 heterocycles. The second-order valence-electron chi connectivity index (χ2n) is 4.19. The summed E-state index contributed by atoms with van der Waals surface area (Å²) in [5, 5.41) is 13.3. The lowest BCUT2D eigenvalue weighted by Gasteiger charge is -2.04. The SMILES string of the molecule is CCCc1cc(OCCc2ccsc2)c(C(=O)O)s1. The van der Waals surface area contributed by atoms with Crippen LogP contribution in [0, 0.1) is 0 Å². The Hall–Kier alpha value is -1.33. The predicted molar refractivity (Wildman–Crippen MR) is 78.8 cm³/mol. The van der Waals surface area contributed by atoms with Crippen LogP contribution in [0.15, 0.2) is 22.9 Å². The molecule has 19 heavy (non-hydrogen) atoms. The van der Waals surface area contributed by atoms with Crippen LogP contribution < -0.4 is 4.74 Å². The normalized spacial score (nSPS) is 10.6. The Bertz CT molecular complexity index is 529. The van der Waals surface area contributed by atoms with Crippen molar-refractivity contribution < 1.29 is 14.6 Å². The quantitative estimate of drug-likeness (QED) is 0.837. The van der Waals surface area contributed by atoms with Crippen molar-refractivity contribution in [3.8, 4) is 5.75 Å². The number of aromatic carboxylic acids is 1. The van der Waals surface area contributed by atoms with Crippen LogP contribution in [-0.2, 0) is 12.8 Å². The van der Waals surface area contributed by atoms with Gasteiger partial charge in [0.15, 0.2) is 4.88 Å². The molecule has 0 saturated heterocycles. The molecule has 0 radical (unpaired) electrons. The highest BCUT2D eigenvalue weighted by atomic mass is 32.1. The number of aryl methyl sites for hydroxylation is 1. The third-order valence-corrected chi connectivity index (χ3v) is 4.56. The van der Waals surface area contributed by atoms with E-state index in [2.05, 4.69) is 18.4 Å². The maximum atomic E-state index is 11.2. The van der Waals surface area contributed by atoms with E-state index in [4.69, 9.17) is 9.84 Å². The van der Waals surface area contributed by atoms with E-state index in [0.29, 0.717) is 17.2 Å². The molecule has 0 aliphatic rings. The molecule has 0 aromatic carbocycles. The summed E-state index contributed by atoms with van der Waals surface area (Å²) in [7, 11) is 0. The second kappa shape index (κ2) is 6.73. The highest BCUT2D eigenvalue weighted by molar-refractivity contribution is 7.14. The fourth-order valence-electron chi connectivity index (χ4n) is 1.76. The van der Waals surface area contributed by atoms with Gasteiger partial charge in [-0.05, 0) is 34.9 Å². The molecule has 5 heteroatoms. The number of hydrogen-bond donors (Lipinski definition) is 1. The van der Waals surface area contributed by atoms with Gasteiger partial charge in [0, 0.05) is 11.3 Å². The van der Waals surface area contributed by atoms with Crippen molar-refractivity contribution in [2.45, 2.75) is 26.2 Å². The highest BCUT2D eigenvalue weighted by Crippen LogP contribution is 2.30.